The van der Waals surface area contributed by atoms with Crippen molar-refractivity contribution in [3.63, 3.8) is 0 Å². The van der Waals surface area contributed by atoms with Crippen molar-refractivity contribution in [3.8, 4) is 11.5 Å². The van der Waals surface area contributed by atoms with Gasteiger partial charge in [-0.25, -0.2) is 5.01 Å². The minimum absolute atomic E-state index is 0.0154. The number of hydrogen-bond acceptors (Lipinski definition) is 8. The number of esters is 1. The Balaban J connectivity index is 1.42. The van der Waals surface area contributed by atoms with Gasteiger partial charge >= 0.3 is 5.97 Å². The molecule has 7 nitrogen and oxygen atoms in total. The van der Waals surface area contributed by atoms with Crippen molar-refractivity contribution in [1.29, 1.82) is 0 Å². The lowest BCUT2D eigenvalue weighted by atomic mass is 10.1. The summed E-state index contributed by atoms with van der Waals surface area (Å²) in [6.45, 7) is -0.375. The zero-order valence-corrected chi connectivity index (χ0v) is 19.3. The van der Waals surface area contributed by atoms with Gasteiger partial charge in [0, 0.05) is 22.9 Å². The molecule has 1 aromatic carbocycles. The first kappa shape index (κ1) is 22.0. The zero-order chi connectivity index (χ0) is 22.5. The quantitative estimate of drug-likeness (QED) is 0.459. The highest BCUT2D eigenvalue weighted by atomic mass is 32.1. The van der Waals surface area contributed by atoms with Gasteiger partial charge in [0.2, 0.25) is 0 Å². The number of methoxy groups -OCH3 is 2. The highest BCUT2D eigenvalue weighted by Gasteiger charge is 2.34. The van der Waals surface area contributed by atoms with E-state index in [1.165, 1.54) is 12.1 Å². The van der Waals surface area contributed by atoms with Gasteiger partial charge in [-0.15, -0.1) is 22.7 Å². The summed E-state index contributed by atoms with van der Waals surface area (Å²) >= 11 is 3.17. The van der Waals surface area contributed by atoms with Gasteiger partial charge in [0.15, 0.2) is 6.61 Å². The van der Waals surface area contributed by atoms with Crippen LogP contribution in [-0.4, -0.2) is 43.4 Å². The fourth-order valence-corrected chi connectivity index (χ4v) is 4.98. The number of ether oxygens (including phenoxy) is 3. The molecule has 1 amide bonds. The standard InChI is InChI=1S/C23H22N2O5S2/c1-28-16-8-7-15(19(12-16)29-2)11-23(27)30-14-22(26)25-18(21-6-4-10-32-21)13-17(24-25)20-5-3-9-31-20/h3-10,12,18H,11,13-14H2,1-2H3. The summed E-state index contributed by atoms with van der Waals surface area (Å²) in [6.07, 6.45) is 0.613. The monoisotopic (exact) mass is 470 g/mol. The van der Waals surface area contributed by atoms with Crippen molar-refractivity contribution >= 4 is 40.3 Å². The molecular weight excluding hydrogens is 448 g/mol. The van der Waals surface area contributed by atoms with Gasteiger partial charge in [-0.1, -0.05) is 18.2 Å². The maximum atomic E-state index is 12.9. The van der Waals surface area contributed by atoms with Gasteiger partial charge in [0.1, 0.15) is 11.5 Å². The molecule has 32 heavy (non-hydrogen) atoms. The van der Waals surface area contributed by atoms with Crippen molar-refractivity contribution in [2.75, 3.05) is 20.8 Å². The maximum absolute atomic E-state index is 12.9. The average molecular weight is 471 g/mol. The van der Waals surface area contributed by atoms with Crippen LogP contribution in [0.2, 0.25) is 0 Å². The van der Waals surface area contributed by atoms with Crippen LogP contribution in [0.3, 0.4) is 0 Å². The number of carbonyl (C=O) groups excluding carboxylic acids is 2. The molecule has 0 N–H and O–H groups in total. The van der Waals surface area contributed by atoms with Crippen LogP contribution in [0.5, 0.6) is 11.5 Å². The van der Waals surface area contributed by atoms with Gasteiger partial charge in [0.05, 0.1) is 37.3 Å². The number of hydrogen-bond donors (Lipinski definition) is 0. The number of thiophene rings is 2. The van der Waals surface area contributed by atoms with Crippen LogP contribution in [0.4, 0.5) is 0 Å². The molecule has 1 unspecified atom stereocenters. The molecule has 166 valence electrons. The molecule has 9 heteroatoms. The second kappa shape index (κ2) is 9.97. The first-order valence-electron chi connectivity index (χ1n) is 9.92. The number of amides is 1. The van der Waals surface area contributed by atoms with E-state index in [1.54, 1.807) is 48.0 Å². The number of carbonyl (C=O) groups is 2. The topological polar surface area (TPSA) is 77.4 Å². The van der Waals surface area contributed by atoms with Crippen molar-refractivity contribution < 1.29 is 23.8 Å². The molecule has 0 saturated heterocycles. The van der Waals surface area contributed by atoms with Crippen molar-refractivity contribution in [2.45, 2.75) is 18.9 Å². The SMILES string of the molecule is COc1ccc(CC(=O)OCC(=O)N2N=C(c3cccs3)CC2c2cccs2)c(OC)c1. The number of rotatable bonds is 8. The molecule has 1 aliphatic heterocycles. The van der Waals surface area contributed by atoms with Crippen LogP contribution in [0.25, 0.3) is 0 Å². The van der Waals surface area contributed by atoms with Crippen LogP contribution in [0, 0.1) is 0 Å². The molecule has 0 aliphatic carbocycles. The smallest absolute Gasteiger partial charge is 0.310 e. The molecule has 0 saturated carbocycles. The summed E-state index contributed by atoms with van der Waals surface area (Å²) in [5.41, 5.74) is 1.52. The van der Waals surface area contributed by atoms with E-state index in [-0.39, 0.29) is 25.0 Å². The Kier molecular flexibility index (Phi) is 6.87. The van der Waals surface area contributed by atoms with E-state index >= 15 is 0 Å². The van der Waals surface area contributed by atoms with E-state index in [2.05, 4.69) is 5.10 Å². The summed E-state index contributed by atoms with van der Waals surface area (Å²) < 4.78 is 15.8. The van der Waals surface area contributed by atoms with Crippen LogP contribution >= 0.6 is 22.7 Å². The molecule has 0 fully saturated rings. The van der Waals surface area contributed by atoms with Crippen LogP contribution in [-0.2, 0) is 20.7 Å². The minimum atomic E-state index is -0.517. The third-order valence-corrected chi connectivity index (χ3v) is 6.92. The van der Waals surface area contributed by atoms with E-state index in [1.807, 2.05) is 35.0 Å². The Morgan fingerprint density at radius 1 is 1.09 bits per heavy atom. The Bertz CT molecular complexity index is 1110. The first-order valence-corrected chi connectivity index (χ1v) is 11.7. The van der Waals surface area contributed by atoms with E-state index in [0.29, 0.717) is 23.5 Å². The third-order valence-electron chi connectivity index (χ3n) is 5.03. The lowest BCUT2D eigenvalue weighted by Gasteiger charge is -2.20. The highest BCUT2D eigenvalue weighted by molar-refractivity contribution is 7.12. The van der Waals surface area contributed by atoms with E-state index in [9.17, 15) is 9.59 Å². The summed E-state index contributed by atoms with van der Waals surface area (Å²) in [5, 5.41) is 9.97. The molecule has 0 spiro atoms. The predicted octanol–water partition coefficient (Wildman–Crippen LogP) is 4.29. The van der Waals surface area contributed by atoms with Crippen LogP contribution < -0.4 is 9.47 Å². The fraction of sp³-hybridized carbons (Fsp3) is 0.261. The summed E-state index contributed by atoms with van der Waals surface area (Å²) in [5.74, 6) is 0.276. The van der Waals surface area contributed by atoms with Gasteiger partial charge < -0.3 is 14.2 Å². The fourth-order valence-electron chi connectivity index (χ4n) is 3.45. The highest BCUT2D eigenvalue weighted by Crippen LogP contribution is 2.36. The molecule has 0 radical (unpaired) electrons. The second-order valence-electron chi connectivity index (χ2n) is 7.01. The van der Waals surface area contributed by atoms with Crippen molar-refractivity contribution in [1.82, 2.24) is 5.01 Å². The third kappa shape index (κ3) is 4.84. The summed E-state index contributed by atoms with van der Waals surface area (Å²) in [6, 6.07) is 12.9. The second-order valence-corrected chi connectivity index (χ2v) is 8.94. The molecule has 1 aliphatic rings. The Morgan fingerprint density at radius 3 is 2.59 bits per heavy atom. The van der Waals surface area contributed by atoms with E-state index in [4.69, 9.17) is 14.2 Å². The maximum Gasteiger partial charge on any atom is 0.310 e. The molecule has 0 bridgehead atoms. The minimum Gasteiger partial charge on any atom is -0.497 e. The molecule has 4 rings (SSSR count). The van der Waals surface area contributed by atoms with Crippen LogP contribution in [0.15, 0.2) is 58.3 Å². The summed E-state index contributed by atoms with van der Waals surface area (Å²) in [7, 11) is 3.08. The van der Waals surface area contributed by atoms with Gasteiger partial charge in [0.25, 0.3) is 5.91 Å². The number of hydrazone groups is 1. The number of nitrogens with zero attached hydrogens (tertiary/aromatic N) is 2. The number of benzene rings is 1. The Labute approximate surface area is 193 Å². The molecule has 3 aromatic rings. The van der Waals surface area contributed by atoms with E-state index < -0.39 is 5.97 Å². The summed E-state index contributed by atoms with van der Waals surface area (Å²) in [4.78, 5) is 27.4. The average Bonchev–Trinajstić information content (AvgIpc) is 3.58. The largest absolute Gasteiger partial charge is 0.497 e. The molecule has 2 aromatic heterocycles. The van der Waals surface area contributed by atoms with E-state index in [0.717, 1.165) is 15.5 Å². The predicted molar refractivity (Wildman–Crippen MR) is 124 cm³/mol. The Hall–Kier alpha value is -3.17. The molecule has 1 atom stereocenters. The lowest BCUT2D eigenvalue weighted by molar-refractivity contribution is -0.152. The van der Waals surface area contributed by atoms with Crippen molar-refractivity contribution in [2.24, 2.45) is 5.10 Å². The zero-order valence-electron chi connectivity index (χ0n) is 17.6. The first-order chi connectivity index (χ1) is 15.6. The van der Waals surface area contributed by atoms with Crippen molar-refractivity contribution in [3.05, 3.63) is 68.5 Å². The molecule has 3 heterocycles. The van der Waals surface area contributed by atoms with Crippen LogP contribution in [0.1, 0.15) is 27.8 Å². The normalized spacial score (nSPS) is 15.4. The Morgan fingerprint density at radius 2 is 1.91 bits per heavy atom. The molecular formula is C23H22N2O5S2. The van der Waals surface area contributed by atoms with Gasteiger partial charge in [-0.3, -0.25) is 9.59 Å². The van der Waals surface area contributed by atoms with Gasteiger partial charge in [-0.2, -0.15) is 5.10 Å². The van der Waals surface area contributed by atoms with Gasteiger partial charge in [-0.05, 0) is 29.0 Å². The lowest BCUT2D eigenvalue weighted by Crippen LogP contribution is -2.31.